The minimum Gasteiger partial charge on any atom is -0.322 e. The standard InChI is InChI=1S/C14H23N/c1-4-6-7-12-8-10-13(11-9-12)14(3,15)5-2/h8-11H,4-7,15H2,1-3H3. The summed E-state index contributed by atoms with van der Waals surface area (Å²) in [5.41, 5.74) is 8.67. The summed E-state index contributed by atoms with van der Waals surface area (Å²) >= 11 is 0. The average Bonchev–Trinajstić information content (AvgIpc) is 2.27. The van der Waals surface area contributed by atoms with Crippen LogP contribution in [0.15, 0.2) is 24.3 Å². The number of hydrogen-bond acceptors (Lipinski definition) is 1. The summed E-state index contributed by atoms with van der Waals surface area (Å²) in [6.07, 6.45) is 4.68. The van der Waals surface area contributed by atoms with Crippen LogP contribution in [0, 0.1) is 0 Å². The molecule has 0 aromatic heterocycles. The maximum absolute atomic E-state index is 6.19. The molecule has 0 aliphatic rings. The fraction of sp³-hybridized carbons (Fsp3) is 0.571. The second-order valence-electron chi connectivity index (χ2n) is 4.57. The summed E-state index contributed by atoms with van der Waals surface area (Å²) in [6.45, 7) is 6.45. The quantitative estimate of drug-likeness (QED) is 0.780. The van der Waals surface area contributed by atoms with Gasteiger partial charge < -0.3 is 5.73 Å². The Labute approximate surface area is 93.7 Å². The zero-order valence-corrected chi connectivity index (χ0v) is 10.2. The van der Waals surface area contributed by atoms with Crippen LogP contribution in [0.4, 0.5) is 0 Å². The third-order valence-corrected chi connectivity index (χ3v) is 3.17. The Hall–Kier alpha value is -0.820. The molecule has 2 N–H and O–H groups in total. The van der Waals surface area contributed by atoms with E-state index in [0.29, 0.717) is 0 Å². The smallest absolute Gasteiger partial charge is 0.0378 e. The van der Waals surface area contributed by atoms with Gasteiger partial charge in [-0.25, -0.2) is 0 Å². The molecule has 0 bridgehead atoms. The third-order valence-electron chi connectivity index (χ3n) is 3.17. The predicted octanol–water partition coefficient (Wildman–Crippen LogP) is 3.61. The molecule has 0 spiro atoms. The maximum Gasteiger partial charge on any atom is 0.0378 e. The molecule has 1 atom stereocenters. The molecular weight excluding hydrogens is 182 g/mol. The molecular formula is C14H23N. The average molecular weight is 205 g/mol. The number of nitrogens with two attached hydrogens (primary N) is 1. The fourth-order valence-corrected chi connectivity index (χ4v) is 1.64. The van der Waals surface area contributed by atoms with Crippen molar-refractivity contribution in [1.29, 1.82) is 0 Å². The van der Waals surface area contributed by atoms with Crippen molar-refractivity contribution in [2.45, 2.75) is 52.0 Å². The topological polar surface area (TPSA) is 26.0 Å². The van der Waals surface area contributed by atoms with Crippen molar-refractivity contribution in [2.24, 2.45) is 5.73 Å². The van der Waals surface area contributed by atoms with Crippen molar-refractivity contribution >= 4 is 0 Å². The van der Waals surface area contributed by atoms with Crippen LogP contribution in [-0.2, 0) is 12.0 Å². The van der Waals surface area contributed by atoms with E-state index in [9.17, 15) is 0 Å². The first-order valence-corrected chi connectivity index (χ1v) is 5.98. The molecule has 0 aliphatic heterocycles. The minimum absolute atomic E-state index is 0.177. The van der Waals surface area contributed by atoms with E-state index in [2.05, 4.69) is 45.0 Å². The highest BCUT2D eigenvalue weighted by Crippen LogP contribution is 2.21. The molecule has 0 heterocycles. The van der Waals surface area contributed by atoms with E-state index < -0.39 is 0 Å². The number of benzene rings is 1. The van der Waals surface area contributed by atoms with E-state index in [-0.39, 0.29) is 5.54 Å². The molecule has 0 radical (unpaired) electrons. The lowest BCUT2D eigenvalue weighted by molar-refractivity contribution is 0.476. The molecule has 0 fully saturated rings. The van der Waals surface area contributed by atoms with Crippen molar-refractivity contribution in [3.05, 3.63) is 35.4 Å². The maximum atomic E-state index is 6.19. The van der Waals surface area contributed by atoms with E-state index >= 15 is 0 Å². The Morgan fingerprint density at radius 1 is 1.13 bits per heavy atom. The normalized spacial score (nSPS) is 14.9. The highest BCUT2D eigenvalue weighted by molar-refractivity contribution is 5.27. The van der Waals surface area contributed by atoms with Gasteiger partial charge in [0.1, 0.15) is 0 Å². The third kappa shape index (κ3) is 3.35. The van der Waals surface area contributed by atoms with Gasteiger partial charge in [-0.2, -0.15) is 0 Å². The Morgan fingerprint density at radius 3 is 2.20 bits per heavy atom. The predicted molar refractivity (Wildman–Crippen MR) is 66.9 cm³/mol. The second kappa shape index (κ2) is 5.32. The van der Waals surface area contributed by atoms with Gasteiger partial charge in [-0.05, 0) is 37.3 Å². The van der Waals surface area contributed by atoms with Gasteiger partial charge in [-0.3, -0.25) is 0 Å². The van der Waals surface area contributed by atoms with Gasteiger partial charge in [-0.15, -0.1) is 0 Å². The van der Waals surface area contributed by atoms with E-state index in [1.54, 1.807) is 0 Å². The van der Waals surface area contributed by atoms with Crippen LogP contribution in [0.1, 0.15) is 51.2 Å². The summed E-state index contributed by atoms with van der Waals surface area (Å²) in [4.78, 5) is 0. The molecule has 1 nitrogen and oxygen atoms in total. The first kappa shape index (κ1) is 12.3. The van der Waals surface area contributed by atoms with Crippen LogP contribution < -0.4 is 5.73 Å². The molecule has 1 aromatic rings. The highest BCUT2D eigenvalue weighted by Gasteiger charge is 2.17. The molecule has 15 heavy (non-hydrogen) atoms. The largest absolute Gasteiger partial charge is 0.322 e. The van der Waals surface area contributed by atoms with Gasteiger partial charge >= 0.3 is 0 Å². The summed E-state index contributed by atoms with van der Waals surface area (Å²) < 4.78 is 0. The number of aryl methyl sites for hydroxylation is 1. The van der Waals surface area contributed by atoms with Crippen LogP contribution in [0.5, 0.6) is 0 Å². The van der Waals surface area contributed by atoms with Crippen LogP contribution in [0.2, 0.25) is 0 Å². The molecule has 1 unspecified atom stereocenters. The Kier molecular flexibility index (Phi) is 4.34. The first-order valence-electron chi connectivity index (χ1n) is 5.98. The second-order valence-corrected chi connectivity index (χ2v) is 4.57. The first-order chi connectivity index (χ1) is 7.10. The molecule has 1 heteroatoms. The van der Waals surface area contributed by atoms with E-state index in [0.717, 1.165) is 6.42 Å². The molecule has 1 rings (SSSR count). The molecule has 84 valence electrons. The van der Waals surface area contributed by atoms with Crippen LogP contribution in [0.3, 0.4) is 0 Å². The zero-order chi connectivity index (χ0) is 11.3. The van der Waals surface area contributed by atoms with Crippen molar-refractivity contribution in [3.63, 3.8) is 0 Å². The summed E-state index contributed by atoms with van der Waals surface area (Å²) in [7, 11) is 0. The van der Waals surface area contributed by atoms with Crippen LogP contribution in [-0.4, -0.2) is 0 Å². The number of hydrogen-bond donors (Lipinski definition) is 1. The van der Waals surface area contributed by atoms with Crippen molar-refractivity contribution in [3.8, 4) is 0 Å². The number of unbranched alkanes of at least 4 members (excludes halogenated alkanes) is 1. The Morgan fingerprint density at radius 2 is 1.73 bits per heavy atom. The van der Waals surface area contributed by atoms with Gasteiger partial charge in [0.05, 0.1) is 0 Å². The summed E-state index contributed by atoms with van der Waals surface area (Å²) in [5.74, 6) is 0. The Balaban J connectivity index is 2.72. The SMILES string of the molecule is CCCCc1ccc(C(C)(N)CC)cc1. The molecule has 0 amide bonds. The monoisotopic (exact) mass is 205 g/mol. The van der Waals surface area contributed by atoms with Gasteiger partial charge in [0.25, 0.3) is 0 Å². The van der Waals surface area contributed by atoms with Crippen LogP contribution in [0.25, 0.3) is 0 Å². The van der Waals surface area contributed by atoms with Crippen molar-refractivity contribution < 1.29 is 0 Å². The minimum atomic E-state index is -0.177. The number of rotatable bonds is 5. The van der Waals surface area contributed by atoms with E-state index in [1.807, 2.05) is 0 Å². The molecule has 0 saturated heterocycles. The lowest BCUT2D eigenvalue weighted by Crippen LogP contribution is -2.31. The zero-order valence-electron chi connectivity index (χ0n) is 10.2. The lowest BCUT2D eigenvalue weighted by atomic mass is 9.90. The summed E-state index contributed by atoms with van der Waals surface area (Å²) in [5, 5.41) is 0. The highest BCUT2D eigenvalue weighted by atomic mass is 14.7. The fourth-order valence-electron chi connectivity index (χ4n) is 1.64. The van der Waals surface area contributed by atoms with Crippen molar-refractivity contribution in [2.75, 3.05) is 0 Å². The van der Waals surface area contributed by atoms with Gasteiger partial charge in [-0.1, -0.05) is 44.5 Å². The Bertz CT molecular complexity index is 285. The van der Waals surface area contributed by atoms with Crippen molar-refractivity contribution in [1.82, 2.24) is 0 Å². The van der Waals surface area contributed by atoms with Crippen LogP contribution >= 0.6 is 0 Å². The van der Waals surface area contributed by atoms with Gasteiger partial charge in [0.15, 0.2) is 0 Å². The van der Waals surface area contributed by atoms with E-state index in [4.69, 9.17) is 5.73 Å². The summed E-state index contributed by atoms with van der Waals surface area (Å²) in [6, 6.07) is 8.78. The van der Waals surface area contributed by atoms with Gasteiger partial charge in [0, 0.05) is 5.54 Å². The van der Waals surface area contributed by atoms with Gasteiger partial charge in [0.2, 0.25) is 0 Å². The van der Waals surface area contributed by atoms with E-state index in [1.165, 1.54) is 30.4 Å². The lowest BCUT2D eigenvalue weighted by Gasteiger charge is -2.23. The molecule has 0 aliphatic carbocycles. The molecule has 0 saturated carbocycles. The molecule has 1 aromatic carbocycles.